The minimum absolute atomic E-state index is 0.128. The molecule has 1 aromatic heterocycles. The van der Waals surface area contributed by atoms with Crippen LogP contribution in [0.1, 0.15) is 5.56 Å². The maximum atomic E-state index is 9.61. The van der Waals surface area contributed by atoms with E-state index in [0.717, 1.165) is 11.3 Å². The Kier molecular flexibility index (Phi) is 3.18. The molecular weight excluding hydrogens is 218 g/mol. The average Bonchev–Trinajstić information content (AvgIpc) is 2.73. The summed E-state index contributed by atoms with van der Waals surface area (Å²) in [6.07, 6.45) is 3.74. The van der Waals surface area contributed by atoms with Gasteiger partial charge in [0.25, 0.3) is 0 Å². The standard InChI is InChI=1S/C12H15N3O2/c1-15-8-9(7-14-15)6-13-10-3-4-12(17-2)11(16)5-10/h3-5,7-8,13,16H,6H2,1-2H3. The highest BCUT2D eigenvalue weighted by molar-refractivity contribution is 5.54. The first-order valence-electron chi connectivity index (χ1n) is 5.27. The van der Waals surface area contributed by atoms with Gasteiger partial charge in [-0.05, 0) is 12.1 Å². The van der Waals surface area contributed by atoms with E-state index in [2.05, 4.69) is 10.4 Å². The Morgan fingerprint density at radius 1 is 1.47 bits per heavy atom. The van der Waals surface area contributed by atoms with Crippen molar-refractivity contribution in [2.75, 3.05) is 12.4 Å². The fraction of sp³-hybridized carbons (Fsp3) is 0.250. The van der Waals surface area contributed by atoms with E-state index >= 15 is 0 Å². The normalized spacial score (nSPS) is 10.2. The fourth-order valence-corrected chi connectivity index (χ4v) is 1.57. The van der Waals surface area contributed by atoms with Crippen LogP contribution in [-0.2, 0) is 13.6 Å². The van der Waals surface area contributed by atoms with Crippen molar-refractivity contribution in [1.29, 1.82) is 0 Å². The molecule has 1 heterocycles. The van der Waals surface area contributed by atoms with E-state index in [-0.39, 0.29) is 5.75 Å². The van der Waals surface area contributed by atoms with Gasteiger partial charge in [-0.1, -0.05) is 0 Å². The molecule has 2 aromatic rings. The number of hydrogen-bond donors (Lipinski definition) is 2. The first-order valence-corrected chi connectivity index (χ1v) is 5.27. The summed E-state index contributed by atoms with van der Waals surface area (Å²) in [5, 5.41) is 16.9. The molecule has 0 spiro atoms. The Morgan fingerprint density at radius 3 is 2.88 bits per heavy atom. The number of methoxy groups -OCH3 is 1. The summed E-state index contributed by atoms with van der Waals surface area (Å²) in [6.45, 7) is 0.666. The highest BCUT2D eigenvalue weighted by Gasteiger charge is 2.02. The smallest absolute Gasteiger partial charge is 0.160 e. The number of rotatable bonds is 4. The second-order valence-corrected chi connectivity index (χ2v) is 3.76. The number of anilines is 1. The van der Waals surface area contributed by atoms with Crippen molar-refractivity contribution in [2.45, 2.75) is 6.54 Å². The first-order chi connectivity index (χ1) is 8.19. The van der Waals surface area contributed by atoms with Gasteiger partial charge in [0.05, 0.1) is 13.3 Å². The Hall–Kier alpha value is -2.17. The van der Waals surface area contributed by atoms with E-state index in [0.29, 0.717) is 12.3 Å². The van der Waals surface area contributed by atoms with Crippen LogP contribution in [0.2, 0.25) is 0 Å². The highest BCUT2D eigenvalue weighted by Crippen LogP contribution is 2.28. The van der Waals surface area contributed by atoms with E-state index in [4.69, 9.17) is 4.74 Å². The second kappa shape index (κ2) is 4.78. The number of aromatic hydroxyl groups is 1. The zero-order chi connectivity index (χ0) is 12.3. The zero-order valence-electron chi connectivity index (χ0n) is 9.84. The highest BCUT2D eigenvalue weighted by atomic mass is 16.5. The minimum atomic E-state index is 0.128. The Labute approximate surface area is 99.6 Å². The summed E-state index contributed by atoms with van der Waals surface area (Å²) in [5.74, 6) is 0.598. The summed E-state index contributed by atoms with van der Waals surface area (Å²) in [4.78, 5) is 0. The summed E-state index contributed by atoms with van der Waals surface area (Å²) in [5.41, 5.74) is 1.93. The SMILES string of the molecule is COc1ccc(NCc2cnn(C)c2)cc1O. The van der Waals surface area contributed by atoms with Crippen LogP contribution in [0.5, 0.6) is 11.5 Å². The molecule has 0 fully saturated rings. The third-order valence-electron chi connectivity index (χ3n) is 2.43. The lowest BCUT2D eigenvalue weighted by atomic mass is 10.2. The van der Waals surface area contributed by atoms with Crippen LogP contribution in [0.4, 0.5) is 5.69 Å². The molecule has 0 saturated heterocycles. The van der Waals surface area contributed by atoms with Crippen LogP contribution >= 0.6 is 0 Å². The van der Waals surface area contributed by atoms with E-state index in [1.54, 1.807) is 23.0 Å². The quantitative estimate of drug-likeness (QED) is 0.844. The summed E-state index contributed by atoms with van der Waals surface area (Å²) < 4.78 is 6.73. The third-order valence-corrected chi connectivity index (χ3v) is 2.43. The van der Waals surface area contributed by atoms with Crippen molar-refractivity contribution in [3.05, 3.63) is 36.2 Å². The second-order valence-electron chi connectivity index (χ2n) is 3.76. The zero-order valence-corrected chi connectivity index (χ0v) is 9.84. The number of aryl methyl sites for hydroxylation is 1. The molecule has 0 bridgehead atoms. The molecule has 2 N–H and O–H groups in total. The maximum Gasteiger partial charge on any atom is 0.160 e. The number of nitrogens with zero attached hydrogens (tertiary/aromatic N) is 2. The van der Waals surface area contributed by atoms with E-state index in [1.807, 2.05) is 19.3 Å². The molecule has 0 radical (unpaired) electrons. The monoisotopic (exact) mass is 233 g/mol. The predicted octanol–water partition coefficient (Wildman–Crippen LogP) is 1.75. The number of ether oxygens (including phenoxy) is 1. The molecule has 2 rings (SSSR count). The van der Waals surface area contributed by atoms with Crippen molar-refractivity contribution < 1.29 is 9.84 Å². The predicted molar refractivity (Wildman–Crippen MR) is 65.2 cm³/mol. The van der Waals surface area contributed by atoms with Crippen molar-refractivity contribution in [3.8, 4) is 11.5 Å². The van der Waals surface area contributed by atoms with Gasteiger partial charge in [-0.25, -0.2) is 0 Å². The number of nitrogens with one attached hydrogen (secondary N) is 1. The number of aromatic nitrogens is 2. The molecule has 0 aliphatic heterocycles. The molecule has 0 aliphatic rings. The Morgan fingerprint density at radius 2 is 2.29 bits per heavy atom. The fourth-order valence-electron chi connectivity index (χ4n) is 1.57. The molecule has 0 aliphatic carbocycles. The molecule has 5 nitrogen and oxygen atoms in total. The van der Waals surface area contributed by atoms with Crippen LogP contribution < -0.4 is 10.1 Å². The number of benzene rings is 1. The van der Waals surface area contributed by atoms with Gasteiger partial charge in [0.15, 0.2) is 11.5 Å². The van der Waals surface area contributed by atoms with Crippen LogP contribution in [0, 0.1) is 0 Å². The number of hydrogen-bond acceptors (Lipinski definition) is 4. The summed E-state index contributed by atoms with van der Waals surface area (Å²) in [7, 11) is 3.40. The molecule has 0 saturated carbocycles. The molecular formula is C12H15N3O2. The van der Waals surface area contributed by atoms with Crippen LogP contribution in [0.25, 0.3) is 0 Å². The van der Waals surface area contributed by atoms with Crippen molar-refractivity contribution >= 4 is 5.69 Å². The lowest BCUT2D eigenvalue weighted by molar-refractivity contribution is 0.373. The third kappa shape index (κ3) is 2.69. The van der Waals surface area contributed by atoms with Crippen molar-refractivity contribution in [2.24, 2.45) is 7.05 Å². The Bertz CT molecular complexity index is 508. The van der Waals surface area contributed by atoms with Gasteiger partial charge in [0, 0.05) is 37.1 Å². The molecule has 0 atom stereocenters. The van der Waals surface area contributed by atoms with Gasteiger partial charge in [-0.3, -0.25) is 4.68 Å². The van der Waals surface area contributed by atoms with Gasteiger partial charge in [0.2, 0.25) is 0 Å². The van der Waals surface area contributed by atoms with Crippen LogP contribution in [0.3, 0.4) is 0 Å². The Balaban J connectivity index is 2.02. The number of phenols is 1. The molecule has 0 unspecified atom stereocenters. The van der Waals surface area contributed by atoms with Gasteiger partial charge in [-0.15, -0.1) is 0 Å². The van der Waals surface area contributed by atoms with E-state index < -0.39 is 0 Å². The molecule has 5 heteroatoms. The van der Waals surface area contributed by atoms with Gasteiger partial charge < -0.3 is 15.2 Å². The summed E-state index contributed by atoms with van der Waals surface area (Å²) in [6, 6.07) is 5.21. The van der Waals surface area contributed by atoms with Crippen molar-refractivity contribution in [3.63, 3.8) is 0 Å². The largest absolute Gasteiger partial charge is 0.504 e. The van der Waals surface area contributed by atoms with E-state index in [1.165, 1.54) is 7.11 Å². The minimum Gasteiger partial charge on any atom is -0.504 e. The van der Waals surface area contributed by atoms with E-state index in [9.17, 15) is 5.11 Å². The molecule has 1 aromatic carbocycles. The first kappa shape index (κ1) is 11.3. The van der Waals surface area contributed by atoms with Gasteiger partial charge >= 0.3 is 0 Å². The summed E-state index contributed by atoms with van der Waals surface area (Å²) >= 11 is 0. The average molecular weight is 233 g/mol. The van der Waals surface area contributed by atoms with Crippen molar-refractivity contribution in [1.82, 2.24) is 9.78 Å². The maximum absolute atomic E-state index is 9.61. The van der Waals surface area contributed by atoms with Crippen LogP contribution in [0.15, 0.2) is 30.6 Å². The van der Waals surface area contributed by atoms with Gasteiger partial charge in [-0.2, -0.15) is 5.10 Å². The molecule has 90 valence electrons. The topological polar surface area (TPSA) is 59.3 Å². The van der Waals surface area contributed by atoms with Gasteiger partial charge in [0.1, 0.15) is 0 Å². The lowest BCUT2D eigenvalue weighted by Gasteiger charge is -2.07. The molecule has 17 heavy (non-hydrogen) atoms. The number of phenolic OH excluding ortho intramolecular Hbond substituents is 1. The molecule has 0 amide bonds. The lowest BCUT2D eigenvalue weighted by Crippen LogP contribution is -1.98. The van der Waals surface area contributed by atoms with Crippen LogP contribution in [-0.4, -0.2) is 22.0 Å².